The maximum absolute atomic E-state index is 13.6. The summed E-state index contributed by atoms with van der Waals surface area (Å²) >= 11 is 24.2. The average Bonchev–Trinajstić information content (AvgIpc) is 3.26. The molecule has 406 valence electrons. The fourth-order valence-electron chi connectivity index (χ4n) is 7.18. The molecule has 6 aromatic carbocycles. The number of nitrogens with zero attached hydrogens (tertiary/aromatic N) is 4. The molecule has 0 aliphatic rings. The van der Waals surface area contributed by atoms with Crippen LogP contribution in [0.5, 0.6) is 0 Å². The third-order valence-corrected chi connectivity index (χ3v) is 11.4. The molecule has 0 amide bonds. The van der Waals surface area contributed by atoms with Crippen molar-refractivity contribution in [2.45, 2.75) is 64.5 Å². The first kappa shape index (κ1) is 67.3. The molecule has 74 heavy (non-hydrogen) atoms. The van der Waals surface area contributed by atoms with Crippen LogP contribution in [-0.2, 0) is 58.8 Å². The van der Waals surface area contributed by atoms with Gasteiger partial charge in [0.15, 0.2) is 0 Å². The van der Waals surface area contributed by atoms with Crippen LogP contribution in [0.25, 0.3) is 32.4 Å². The zero-order valence-electron chi connectivity index (χ0n) is 38.3. The van der Waals surface area contributed by atoms with E-state index in [0.717, 1.165) is 36.4 Å². The van der Waals surface area contributed by atoms with Crippen molar-refractivity contribution in [2.24, 2.45) is 0 Å². The van der Waals surface area contributed by atoms with Crippen molar-refractivity contribution < 1.29 is 97.8 Å². The van der Waals surface area contributed by atoms with Gasteiger partial charge in [-0.1, -0.05) is 207 Å². The van der Waals surface area contributed by atoms with E-state index in [1.807, 2.05) is 0 Å². The average molecular weight is 1230 g/mol. The Balaban J connectivity index is 0.000000702. The van der Waals surface area contributed by atoms with Gasteiger partial charge >= 0.3 is 58.8 Å². The summed E-state index contributed by atoms with van der Waals surface area (Å²) in [5, 5.41) is 15.9. The molecule has 4 N–H and O–H groups in total. The summed E-state index contributed by atoms with van der Waals surface area (Å²) < 4.78 is 163. The van der Waals surface area contributed by atoms with Gasteiger partial charge in [-0.2, -0.15) is 64.1 Å². The summed E-state index contributed by atoms with van der Waals surface area (Å²) in [4.78, 5) is 0. The summed E-state index contributed by atoms with van der Waals surface area (Å²) in [6, 6.07) is 28.1. The fraction of sp³-hybridized carbons (Fsp3) is 0.200. The number of hydrogen-bond acceptors (Lipinski definition) is 0. The quantitative estimate of drug-likeness (QED) is 0.0857. The van der Waals surface area contributed by atoms with E-state index < -0.39 is 81.8 Å². The van der Waals surface area contributed by atoms with E-state index >= 15 is 0 Å². The first-order valence-electron chi connectivity index (χ1n) is 20.4. The molecule has 6 rings (SSSR count). The van der Waals surface area contributed by atoms with E-state index in [0.29, 0.717) is 22.3 Å². The molecular weight excluding hydrogens is 1190 g/mol. The zero-order valence-corrected chi connectivity index (χ0v) is 43.2. The van der Waals surface area contributed by atoms with Gasteiger partial charge in [0.2, 0.25) is 0 Å². The molecule has 0 fully saturated rings. The number of halogens is 16. The largest absolute Gasteiger partial charge is 2.00 e. The van der Waals surface area contributed by atoms with Gasteiger partial charge in [0, 0.05) is 42.3 Å². The number of allylic oxidation sites excluding steroid dienone is 2. The number of hydrogen-bond donors (Lipinski definition) is 0. The van der Waals surface area contributed by atoms with Gasteiger partial charge in [0.05, 0.1) is 0 Å². The van der Waals surface area contributed by atoms with E-state index in [1.54, 1.807) is 60.7 Å². The van der Waals surface area contributed by atoms with Gasteiger partial charge in [-0.05, 0) is 35.4 Å². The van der Waals surface area contributed by atoms with Gasteiger partial charge in [0.1, 0.15) is 0 Å². The van der Waals surface area contributed by atoms with Crippen LogP contribution in [0.4, 0.5) is 75.4 Å². The van der Waals surface area contributed by atoms with Gasteiger partial charge in [-0.3, -0.25) is 0 Å². The number of alkyl halides is 12. The van der Waals surface area contributed by atoms with Crippen molar-refractivity contribution in [3.05, 3.63) is 220 Å². The van der Waals surface area contributed by atoms with E-state index in [2.05, 4.69) is 21.3 Å². The molecule has 6 aromatic rings. The van der Waals surface area contributed by atoms with E-state index in [4.69, 9.17) is 46.4 Å². The molecule has 2 atom stereocenters. The van der Waals surface area contributed by atoms with Crippen molar-refractivity contribution in [1.82, 2.24) is 0 Å². The van der Waals surface area contributed by atoms with Crippen LogP contribution >= 0.6 is 46.4 Å². The summed E-state index contributed by atoms with van der Waals surface area (Å²) in [7, 11) is 0. The Morgan fingerprint density at radius 3 is 0.838 bits per heavy atom. The van der Waals surface area contributed by atoms with Crippen LogP contribution in [0.3, 0.4) is 0 Å². The molecular formula is C50H40Cl4Cu2F12N4O2. The van der Waals surface area contributed by atoms with E-state index in [9.17, 15) is 52.7 Å². The second-order valence-electron chi connectivity index (χ2n) is 15.1. The molecule has 2 radical (unpaired) electrons. The number of rotatable bonds is 12. The topological polar surface area (TPSA) is 119 Å². The Morgan fingerprint density at radius 1 is 0.365 bits per heavy atom. The molecule has 0 saturated carbocycles. The summed E-state index contributed by atoms with van der Waals surface area (Å²) in [5.74, 6) is 0. The van der Waals surface area contributed by atoms with Crippen LogP contribution in [-0.4, -0.2) is 23.0 Å². The third-order valence-electron chi connectivity index (χ3n) is 10.2. The van der Waals surface area contributed by atoms with E-state index in [1.165, 1.54) is 64.1 Å². The van der Waals surface area contributed by atoms with Crippen molar-refractivity contribution in [3.8, 4) is 0 Å². The van der Waals surface area contributed by atoms with Crippen molar-refractivity contribution in [2.75, 3.05) is 0 Å². The monoisotopic (exact) mass is 1220 g/mol. The zero-order chi connectivity index (χ0) is 51.9. The molecule has 2 unspecified atom stereocenters. The van der Waals surface area contributed by atoms with Crippen LogP contribution < -0.4 is 0 Å². The molecule has 24 heteroatoms. The van der Waals surface area contributed by atoms with Gasteiger partial charge in [-0.25, -0.2) is 0 Å². The van der Waals surface area contributed by atoms with Crippen LogP contribution in [0.15, 0.2) is 145 Å². The van der Waals surface area contributed by atoms with Gasteiger partial charge < -0.3 is 32.2 Å². The molecule has 0 aromatic heterocycles. The van der Waals surface area contributed by atoms with Crippen molar-refractivity contribution in [1.29, 1.82) is 0 Å². The third kappa shape index (κ3) is 17.1. The number of para-hydroxylation sites is 4. The minimum absolute atomic E-state index is 0. The minimum Gasteiger partial charge on any atom is -0.677 e. The normalized spacial score (nSPS) is 13.0. The molecule has 0 aliphatic carbocycles. The van der Waals surface area contributed by atoms with Crippen molar-refractivity contribution in [3.63, 3.8) is 0 Å². The Kier molecular flexibility index (Phi) is 25.4. The first-order chi connectivity index (χ1) is 32.6. The van der Waals surface area contributed by atoms with Gasteiger partial charge in [0.25, 0.3) is 0 Å². The Labute approximate surface area is 459 Å². The molecule has 0 heterocycles. The number of benzene rings is 6. The van der Waals surface area contributed by atoms with Gasteiger partial charge in [-0.15, -0.1) is 22.7 Å². The predicted octanol–water partition coefficient (Wildman–Crippen LogP) is 19.5. The minimum atomic E-state index is -4.72. The SMILES string of the molecule is CC([N-]c1c(Cl)cccc1C(F)(F)F)=C(c1ccccc1)C(C)[N-]c1c(Cl)cccc1C(F)(F)F.CC([N-]c1c(Cl)cccc1C(F)(F)F)=C(c1ccccc1)C(C)[N-]c1c(Cl)cccc1C(F)(F)F.O.O.[Cu+2].[Cu+2]. The molecule has 0 spiro atoms. The second kappa shape index (κ2) is 27.9. The fourth-order valence-corrected chi connectivity index (χ4v) is 8.06. The molecule has 0 bridgehead atoms. The maximum atomic E-state index is 13.6. The first-order valence-corrected chi connectivity index (χ1v) is 21.9. The van der Waals surface area contributed by atoms with E-state index in [-0.39, 0.29) is 76.6 Å². The maximum Gasteiger partial charge on any atom is 2.00 e. The smallest absolute Gasteiger partial charge is 0.677 e. The molecule has 0 aliphatic heterocycles. The Morgan fingerprint density at radius 2 is 0.595 bits per heavy atom. The Hall–Kier alpha value is -4.72. The van der Waals surface area contributed by atoms with Crippen molar-refractivity contribution >= 4 is 80.3 Å². The van der Waals surface area contributed by atoms with Crippen LogP contribution in [0.2, 0.25) is 20.1 Å². The second-order valence-corrected chi connectivity index (χ2v) is 16.7. The Bertz CT molecular complexity index is 2660. The van der Waals surface area contributed by atoms with Crippen LogP contribution in [0, 0.1) is 0 Å². The standard InChI is InChI=1S/2C25H18Cl2F6N2.2Cu.2H2O/c2*1-14(34-22-17(24(28,29)30)10-6-12-19(22)26)21(16-8-4-3-5-9-16)15(2)35-23-18(25(31,32)33)11-7-13-20(23)27;;;;/h2*3-14H,1-2H3;;;2*1H2/q2*-2;2*+2;;. The molecule has 0 saturated heterocycles. The summed E-state index contributed by atoms with van der Waals surface area (Å²) in [6.45, 7) is 5.94. The predicted molar refractivity (Wildman–Crippen MR) is 262 cm³/mol. The molecule has 6 nitrogen and oxygen atoms in total. The summed E-state index contributed by atoms with van der Waals surface area (Å²) in [6.07, 6.45) is -18.9. The van der Waals surface area contributed by atoms with Crippen LogP contribution in [0.1, 0.15) is 61.1 Å². The summed E-state index contributed by atoms with van der Waals surface area (Å²) in [5.41, 5.74) is -4.17.